The van der Waals surface area contributed by atoms with Crippen molar-refractivity contribution in [3.8, 4) is 0 Å². The summed E-state index contributed by atoms with van der Waals surface area (Å²) in [6.45, 7) is 1.40. The number of rotatable bonds is 5. The van der Waals surface area contributed by atoms with Crippen LogP contribution in [0.2, 0.25) is 0 Å². The first-order valence-electron chi connectivity index (χ1n) is 6.51. The van der Waals surface area contributed by atoms with Gasteiger partial charge in [0.2, 0.25) is 0 Å². The molecule has 0 saturated carbocycles. The van der Waals surface area contributed by atoms with Crippen molar-refractivity contribution >= 4 is 21.5 Å². The molecule has 1 aromatic heterocycles. The highest BCUT2D eigenvalue weighted by Crippen LogP contribution is 2.23. The molecule has 1 unspecified atom stereocenters. The van der Waals surface area contributed by atoms with E-state index < -0.39 is 10.2 Å². The summed E-state index contributed by atoms with van der Waals surface area (Å²) in [5, 5.41) is 1.96. The second-order valence-electron chi connectivity index (χ2n) is 4.84. The fraction of sp³-hybridized carbons (Fsp3) is 0.667. The van der Waals surface area contributed by atoms with Gasteiger partial charge in [0, 0.05) is 37.6 Å². The molecule has 0 spiro atoms. The minimum atomic E-state index is -3.41. The van der Waals surface area contributed by atoms with Crippen LogP contribution < -0.4 is 5.73 Å². The van der Waals surface area contributed by atoms with Gasteiger partial charge in [-0.1, -0.05) is 12.5 Å². The van der Waals surface area contributed by atoms with Gasteiger partial charge in [-0.2, -0.15) is 17.0 Å². The van der Waals surface area contributed by atoms with Crippen LogP contribution in [0.1, 0.15) is 24.1 Å². The summed E-state index contributed by atoms with van der Waals surface area (Å²) in [5.74, 6) is 0. The lowest BCUT2D eigenvalue weighted by molar-refractivity contribution is 0.240. The minimum Gasteiger partial charge on any atom is -0.329 e. The van der Waals surface area contributed by atoms with Crippen LogP contribution in [-0.2, 0) is 16.8 Å². The topological polar surface area (TPSA) is 66.6 Å². The number of piperidine rings is 1. The molecule has 19 heavy (non-hydrogen) atoms. The van der Waals surface area contributed by atoms with Gasteiger partial charge in [0.25, 0.3) is 10.2 Å². The molecule has 0 aromatic carbocycles. The van der Waals surface area contributed by atoms with E-state index in [0.717, 1.165) is 24.1 Å². The molecule has 108 valence electrons. The molecule has 1 aromatic rings. The third-order valence-electron chi connectivity index (χ3n) is 3.49. The van der Waals surface area contributed by atoms with Crippen molar-refractivity contribution in [3.05, 3.63) is 22.4 Å². The average molecular weight is 303 g/mol. The van der Waals surface area contributed by atoms with E-state index in [1.807, 2.05) is 17.5 Å². The maximum atomic E-state index is 12.6. The van der Waals surface area contributed by atoms with Crippen molar-refractivity contribution in [1.82, 2.24) is 8.61 Å². The van der Waals surface area contributed by atoms with E-state index >= 15 is 0 Å². The standard InChI is InChI=1S/C12H21N3O2S2/c1-14(10-12-6-4-8-18-12)19(16,17)15-7-3-2-5-11(15)9-13/h4,6,8,11H,2-3,5,7,9-10,13H2,1H3. The molecule has 7 heteroatoms. The highest BCUT2D eigenvalue weighted by Gasteiger charge is 2.34. The largest absolute Gasteiger partial charge is 0.329 e. The predicted molar refractivity (Wildman–Crippen MR) is 78.1 cm³/mol. The van der Waals surface area contributed by atoms with E-state index in [0.29, 0.717) is 19.6 Å². The molecule has 2 heterocycles. The summed E-state index contributed by atoms with van der Waals surface area (Å²) in [7, 11) is -1.77. The lowest BCUT2D eigenvalue weighted by atomic mass is 10.1. The highest BCUT2D eigenvalue weighted by atomic mass is 32.2. The second-order valence-corrected chi connectivity index (χ2v) is 7.86. The first kappa shape index (κ1) is 14.9. The van der Waals surface area contributed by atoms with Crippen molar-refractivity contribution in [2.45, 2.75) is 31.8 Å². The Morgan fingerprint density at radius 2 is 2.32 bits per heavy atom. The molecule has 1 aliphatic heterocycles. The van der Waals surface area contributed by atoms with Crippen LogP contribution in [0, 0.1) is 0 Å². The van der Waals surface area contributed by atoms with Crippen LogP contribution in [0.15, 0.2) is 17.5 Å². The molecule has 0 bridgehead atoms. The molecule has 1 aliphatic rings. The first-order chi connectivity index (χ1) is 9.05. The summed E-state index contributed by atoms with van der Waals surface area (Å²) in [5.41, 5.74) is 5.70. The minimum absolute atomic E-state index is 0.0514. The Hall–Kier alpha value is -0.470. The van der Waals surface area contributed by atoms with Crippen molar-refractivity contribution < 1.29 is 8.42 Å². The maximum absolute atomic E-state index is 12.6. The highest BCUT2D eigenvalue weighted by molar-refractivity contribution is 7.86. The van der Waals surface area contributed by atoms with Gasteiger partial charge < -0.3 is 5.73 Å². The average Bonchev–Trinajstić information content (AvgIpc) is 2.91. The SMILES string of the molecule is CN(Cc1cccs1)S(=O)(=O)N1CCCCC1CN. The van der Waals surface area contributed by atoms with Crippen molar-refractivity contribution in [3.63, 3.8) is 0 Å². The molecule has 0 radical (unpaired) electrons. The molecule has 2 rings (SSSR count). The summed E-state index contributed by atoms with van der Waals surface area (Å²) < 4.78 is 28.2. The van der Waals surface area contributed by atoms with E-state index in [1.54, 1.807) is 22.7 Å². The van der Waals surface area contributed by atoms with Gasteiger partial charge in [-0.3, -0.25) is 0 Å². The van der Waals surface area contributed by atoms with Gasteiger partial charge in [-0.15, -0.1) is 11.3 Å². The Labute approximate surface area is 119 Å². The Balaban J connectivity index is 2.11. The second kappa shape index (κ2) is 6.32. The summed E-state index contributed by atoms with van der Waals surface area (Å²) in [6, 6.07) is 3.83. The number of nitrogens with zero attached hydrogens (tertiary/aromatic N) is 2. The fourth-order valence-corrected chi connectivity index (χ4v) is 4.82. The third kappa shape index (κ3) is 3.35. The lowest BCUT2D eigenvalue weighted by Crippen LogP contribution is -2.51. The molecule has 1 fully saturated rings. The molecular weight excluding hydrogens is 282 g/mol. The van der Waals surface area contributed by atoms with E-state index in [9.17, 15) is 8.42 Å². The van der Waals surface area contributed by atoms with Gasteiger partial charge in [0.1, 0.15) is 0 Å². The fourth-order valence-electron chi connectivity index (χ4n) is 2.40. The number of hydrogen-bond acceptors (Lipinski definition) is 4. The molecular formula is C12H21N3O2S2. The van der Waals surface area contributed by atoms with Crippen LogP contribution in [0.3, 0.4) is 0 Å². The quantitative estimate of drug-likeness (QED) is 0.890. The van der Waals surface area contributed by atoms with Crippen LogP contribution in [0.25, 0.3) is 0 Å². The van der Waals surface area contributed by atoms with E-state index in [4.69, 9.17) is 5.73 Å². The summed E-state index contributed by atoms with van der Waals surface area (Å²) >= 11 is 1.57. The molecule has 0 amide bonds. The molecule has 1 atom stereocenters. The number of nitrogens with two attached hydrogens (primary N) is 1. The lowest BCUT2D eigenvalue weighted by Gasteiger charge is -2.36. The van der Waals surface area contributed by atoms with Crippen molar-refractivity contribution in [1.29, 1.82) is 0 Å². The monoisotopic (exact) mass is 303 g/mol. The molecule has 0 aliphatic carbocycles. The first-order valence-corrected chi connectivity index (χ1v) is 8.79. The van der Waals surface area contributed by atoms with Crippen molar-refractivity contribution in [2.75, 3.05) is 20.1 Å². The zero-order valence-electron chi connectivity index (χ0n) is 11.2. The molecule has 1 saturated heterocycles. The van der Waals surface area contributed by atoms with E-state index in [-0.39, 0.29) is 6.04 Å². The van der Waals surface area contributed by atoms with E-state index in [2.05, 4.69) is 0 Å². The Morgan fingerprint density at radius 3 is 2.95 bits per heavy atom. The predicted octanol–water partition coefficient (Wildman–Crippen LogP) is 1.24. The van der Waals surface area contributed by atoms with Crippen LogP contribution >= 0.6 is 11.3 Å². The number of thiophene rings is 1. The van der Waals surface area contributed by atoms with E-state index in [1.165, 1.54) is 4.31 Å². The van der Waals surface area contributed by atoms with Crippen molar-refractivity contribution in [2.24, 2.45) is 5.73 Å². The molecule has 2 N–H and O–H groups in total. The smallest absolute Gasteiger partial charge is 0.282 e. The van der Waals surface area contributed by atoms with Gasteiger partial charge in [0.05, 0.1) is 0 Å². The maximum Gasteiger partial charge on any atom is 0.282 e. The zero-order valence-corrected chi connectivity index (χ0v) is 12.8. The van der Waals surface area contributed by atoms with Crippen LogP contribution in [0.4, 0.5) is 0 Å². The Morgan fingerprint density at radius 1 is 1.53 bits per heavy atom. The van der Waals surface area contributed by atoms with Crippen LogP contribution in [0.5, 0.6) is 0 Å². The Bertz CT molecular complexity index is 487. The van der Waals surface area contributed by atoms with Crippen LogP contribution in [-0.4, -0.2) is 43.2 Å². The third-order valence-corrected chi connectivity index (χ3v) is 6.35. The number of hydrogen-bond donors (Lipinski definition) is 1. The summed E-state index contributed by atoms with van der Waals surface area (Å²) in [6.07, 6.45) is 2.84. The van der Waals surface area contributed by atoms with Gasteiger partial charge in [0.15, 0.2) is 0 Å². The summed E-state index contributed by atoms with van der Waals surface area (Å²) in [4.78, 5) is 1.05. The zero-order chi connectivity index (χ0) is 13.9. The van der Waals surface area contributed by atoms with Gasteiger partial charge >= 0.3 is 0 Å². The normalized spacial score (nSPS) is 21.9. The molecule has 5 nitrogen and oxygen atoms in total. The van der Waals surface area contributed by atoms with Gasteiger partial charge in [-0.25, -0.2) is 0 Å². The Kier molecular flexibility index (Phi) is 4.97. The van der Waals surface area contributed by atoms with Gasteiger partial charge in [-0.05, 0) is 24.3 Å².